The van der Waals surface area contributed by atoms with Crippen LogP contribution >= 0.6 is 0 Å². The monoisotopic (exact) mass is 208 g/mol. The quantitative estimate of drug-likeness (QED) is 0.815. The van der Waals surface area contributed by atoms with Gasteiger partial charge in [-0.2, -0.15) is 13.2 Å². The first-order chi connectivity index (χ1) is 6.44. The molecule has 0 aliphatic carbocycles. The number of halogens is 3. The summed E-state index contributed by atoms with van der Waals surface area (Å²) >= 11 is 0. The largest absolute Gasteiger partial charge is 0.389 e. The number of aromatic nitrogens is 3. The molecule has 0 amide bonds. The Morgan fingerprint density at radius 2 is 2.00 bits per heavy atom. The van der Waals surface area contributed by atoms with Gasteiger partial charge >= 0.3 is 6.18 Å². The first-order valence-electron chi connectivity index (χ1n) is 4.07. The van der Waals surface area contributed by atoms with Crippen LogP contribution < -0.4 is 5.32 Å². The summed E-state index contributed by atoms with van der Waals surface area (Å²) < 4.78 is 37.2. The highest BCUT2D eigenvalue weighted by atomic mass is 19.4. The van der Waals surface area contributed by atoms with E-state index < -0.39 is 12.6 Å². The third-order valence-electron chi connectivity index (χ3n) is 1.82. The molecular weight excluding hydrogens is 197 g/mol. The van der Waals surface area contributed by atoms with Crippen LogP contribution in [0.2, 0.25) is 0 Å². The topological polar surface area (TPSA) is 42.7 Å². The van der Waals surface area contributed by atoms with Crippen molar-refractivity contribution in [3.8, 4) is 0 Å². The molecule has 1 N–H and O–H groups in total. The van der Waals surface area contributed by atoms with Gasteiger partial charge in [0, 0.05) is 20.5 Å². The molecule has 0 unspecified atom stereocenters. The van der Waals surface area contributed by atoms with Crippen molar-refractivity contribution in [2.45, 2.75) is 19.0 Å². The van der Waals surface area contributed by atoms with E-state index in [1.165, 1.54) is 4.57 Å². The Morgan fingerprint density at radius 3 is 2.43 bits per heavy atom. The molecule has 7 heteroatoms. The summed E-state index contributed by atoms with van der Waals surface area (Å²) in [5.41, 5.74) is 0. The molecule has 1 aromatic rings. The van der Waals surface area contributed by atoms with E-state index in [0.29, 0.717) is 11.8 Å². The maximum atomic E-state index is 11.9. The van der Waals surface area contributed by atoms with E-state index in [-0.39, 0.29) is 6.42 Å². The maximum absolute atomic E-state index is 11.9. The molecule has 0 fully saturated rings. The lowest BCUT2D eigenvalue weighted by Crippen LogP contribution is -2.11. The molecule has 14 heavy (non-hydrogen) atoms. The Hall–Kier alpha value is -1.27. The number of nitrogens with zero attached hydrogens (tertiary/aromatic N) is 3. The second-order valence-corrected chi connectivity index (χ2v) is 2.86. The SMILES string of the molecule is CNc1nnc(CCC(F)(F)F)n1C. The van der Waals surface area contributed by atoms with Gasteiger partial charge in [-0.1, -0.05) is 0 Å². The van der Waals surface area contributed by atoms with Gasteiger partial charge < -0.3 is 9.88 Å². The Morgan fingerprint density at radius 1 is 1.36 bits per heavy atom. The highest BCUT2D eigenvalue weighted by Gasteiger charge is 2.27. The van der Waals surface area contributed by atoms with Crippen LogP contribution in [-0.4, -0.2) is 28.0 Å². The van der Waals surface area contributed by atoms with Gasteiger partial charge in [0.1, 0.15) is 5.82 Å². The number of hydrogen-bond acceptors (Lipinski definition) is 3. The van der Waals surface area contributed by atoms with Crippen LogP contribution in [0.3, 0.4) is 0 Å². The third-order valence-corrected chi connectivity index (χ3v) is 1.82. The van der Waals surface area contributed by atoms with E-state index in [1.54, 1.807) is 14.1 Å². The summed E-state index contributed by atoms with van der Waals surface area (Å²) in [7, 11) is 3.26. The minimum absolute atomic E-state index is 0.144. The van der Waals surface area contributed by atoms with Crippen molar-refractivity contribution in [3.63, 3.8) is 0 Å². The molecule has 1 rings (SSSR count). The van der Waals surface area contributed by atoms with E-state index in [9.17, 15) is 13.2 Å². The van der Waals surface area contributed by atoms with E-state index >= 15 is 0 Å². The van der Waals surface area contributed by atoms with Crippen molar-refractivity contribution in [3.05, 3.63) is 5.82 Å². The molecule has 1 heterocycles. The minimum Gasteiger partial charge on any atom is -0.357 e. The predicted molar refractivity (Wildman–Crippen MR) is 44.9 cm³/mol. The van der Waals surface area contributed by atoms with Crippen LogP contribution in [0.15, 0.2) is 0 Å². The second kappa shape index (κ2) is 3.85. The summed E-state index contributed by atoms with van der Waals surface area (Å²) in [5.74, 6) is 0.786. The van der Waals surface area contributed by atoms with Crippen LogP contribution in [0.5, 0.6) is 0 Å². The average molecular weight is 208 g/mol. The summed E-state index contributed by atoms with van der Waals surface area (Å²) in [6.45, 7) is 0. The molecule has 0 aliphatic rings. The van der Waals surface area contributed by atoms with Gasteiger partial charge in [-0.3, -0.25) is 0 Å². The van der Waals surface area contributed by atoms with Crippen LogP contribution in [0, 0.1) is 0 Å². The summed E-state index contributed by atoms with van der Waals surface area (Å²) in [5, 5.41) is 10.0. The average Bonchev–Trinajstić information content (AvgIpc) is 2.42. The highest BCUT2D eigenvalue weighted by molar-refractivity contribution is 5.23. The smallest absolute Gasteiger partial charge is 0.357 e. The third kappa shape index (κ3) is 2.61. The molecule has 0 radical (unpaired) electrons. The van der Waals surface area contributed by atoms with Gasteiger partial charge in [-0.15, -0.1) is 10.2 Å². The van der Waals surface area contributed by atoms with Crippen LogP contribution in [-0.2, 0) is 13.5 Å². The number of rotatable bonds is 3. The van der Waals surface area contributed by atoms with Crippen molar-refractivity contribution in [1.29, 1.82) is 0 Å². The zero-order chi connectivity index (χ0) is 10.8. The first-order valence-corrected chi connectivity index (χ1v) is 4.07. The lowest BCUT2D eigenvalue weighted by atomic mass is 10.3. The maximum Gasteiger partial charge on any atom is 0.389 e. The zero-order valence-electron chi connectivity index (χ0n) is 7.89. The highest BCUT2D eigenvalue weighted by Crippen LogP contribution is 2.21. The molecule has 0 aliphatic heterocycles. The molecule has 0 aromatic carbocycles. The van der Waals surface area contributed by atoms with Crippen molar-refractivity contribution >= 4 is 5.95 Å². The summed E-state index contributed by atoms with van der Waals surface area (Å²) in [6.07, 6.45) is -5.16. The van der Waals surface area contributed by atoms with Gasteiger partial charge in [0.2, 0.25) is 5.95 Å². The number of alkyl halides is 3. The molecule has 4 nitrogen and oxygen atoms in total. The standard InChI is InChI=1S/C7H11F3N4/c1-11-6-13-12-5(14(6)2)3-4-7(8,9)10/h3-4H2,1-2H3,(H,11,13). The molecule has 0 bridgehead atoms. The van der Waals surface area contributed by atoms with Crippen molar-refractivity contribution in [2.24, 2.45) is 7.05 Å². The Balaban J connectivity index is 2.64. The minimum atomic E-state index is -4.15. The van der Waals surface area contributed by atoms with Crippen molar-refractivity contribution in [1.82, 2.24) is 14.8 Å². The Bertz CT molecular complexity index is 304. The van der Waals surface area contributed by atoms with Crippen LogP contribution in [0.1, 0.15) is 12.2 Å². The number of aryl methyl sites for hydroxylation is 1. The fourth-order valence-electron chi connectivity index (χ4n) is 1.05. The van der Waals surface area contributed by atoms with E-state index in [2.05, 4.69) is 15.5 Å². The van der Waals surface area contributed by atoms with Gasteiger partial charge in [0.25, 0.3) is 0 Å². The summed E-state index contributed by atoms with van der Waals surface area (Å²) in [4.78, 5) is 0. The van der Waals surface area contributed by atoms with E-state index in [1.807, 2.05) is 0 Å². The molecule has 0 saturated heterocycles. The molecule has 80 valence electrons. The summed E-state index contributed by atoms with van der Waals surface area (Å²) in [6, 6.07) is 0. The second-order valence-electron chi connectivity index (χ2n) is 2.86. The van der Waals surface area contributed by atoms with Crippen LogP contribution in [0.25, 0.3) is 0 Å². The van der Waals surface area contributed by atoms with Gasteiger partial charge in [0.15, 0.2) is 0 Å². The molecule has 0 spiro atoms. The fourth-order valence-corrected chi connectivity index (χ4v) is 1.05. The van der Waals surface area contributed by atoms with E-state index in [0.717, 1.165) is 0 Å². The predicted octanol–water partition coefficient (Wildman–Crippen LogP) is 1.35. The zero-order valence-corrected chi connectivity index (χ0v) is 7.89. The molecular formula is C7H11F3N4. The van der Waals surface area contributed by atoms with Crippen LogP contribution in [0.4, 0.5) is 19.1 Å². The molecule has 1 aromatic heterocycles. The van der Waals surface area contributed by atoms with Crippen molar-refractivity contribution < 1.29 is 13.2 Å². The first kappa shape index (κ1) is 10.8. The number of nitrogens with one attached hydrogen (secondary N) is 1. The lowest BCUT2D eigenvalue weighted by Gasteiger charge is -2.05. The Kier molecular flexibility index (Phi) is 2.97. The van der Waals surface area contributed by atoms with E-state index in [4.69, 9.17) is 0 Å². The van der Waals surface area contributed by atoms with Crippen molar-refractivity contribution in [2.75, 3.05) is 12.4 Å². The Labute approximate surface area is 79.1 Å². The van der Waals surface area contributed by atoms with Gasteiger partial charge in [-0.25, -0.2) is 0 Å². The normalized spacial score (nSPS) is 11.8. The van der Waals surface area contributed by atoms with Gasteiger partial charge in [-0.05, 0) is 0 Å². The number of anilines is 1. The number of hydrogen-bond donors (Lipinski definition) is 1. The molecule has 0 atom stereocenters. The van der Waals surface area contributed by atoms with Gasteiger partial charge in [0.05, 0.1) is 6.42 Å². The lowest BCUT2D eigenvalue weighted by molar-refractivity contribution is -0.134. The molecule has 0 saturated carbocycles. The fraction of sp³-hybridized carbons (Fsp3) is 0.714.